The standard InChI is InChI=1S/C11H7F2NO4/c1-17-10-2-5(6(12)3-7(10)13)9-4-8(11(15)16)14-18-9/h2-4H,1H3,(H,15,16). The first-order valence-electron chi connectivity index (χ1n) is 4.76. The molecule has 1 heterocycles. The second-order valence-electron chi connectivity index (χ2n) is 3.35. The molecule has 0 bridgehead atoms. The predicted octanol–water partition coefficient (Wildman–Crippen LogP) is 2.33. The number of hydrogen-bond donors (Lipinski definition) is 1. The van der Waals surface area contributed by atoms with Crippen molar-refractivity contribution in [3.8, 4) is 17.1 Å². The minimum Gasteiger partial charge on any atom is -0.494 e. The van der Waals surface area contributed by atoms with E-state index in [4.69, 9.17) is 9.84 Å². The van der Waals surface area contributed by atoms with Gasteiger partial charge in [0.05, 0.1) is 12.7 Å². The van der Waals surface area contributed by atoms with Crippen molar-refractivity contribution >= 4 is 5.97 Å². The summed E-state index contributed by atoms with van der Waals surface area (Å²) in [7, 11) is 1.23. The second-order valence-corrected chi connectivity index (χ2v) is 3.35. The number of carboxylic acid groups (broad SMARTS) is 1. The lowest BCUT2D eigenvalue weighted by atomic mass is 10.1. The van der Waals surface area contributed by atoms with E-state index >= 15 is 0 Å². The van der Waals surface area contributed by atoms with Crippen LogP contribution in [0.15, 0.2) is 22.7 Å². The highest BCUT2D eigenvalue weighted by atomic mass is 19.1. The Labute approximate surface area is 99.6 Å². The van der Waals surface area contributed by atoms with Gasteiger partial charge in [-0.1, -0.05) is 5.16 Å². The molecule has 5 nitrogen and oxygen atoms in total. The molecule has 1 N–H and O–H groups in total. The summed E-state index contributed by atoms with van der Waals surface area (Å²) in [5, 5.41) is 11.9. The Morgan fingerprint density at radius 2 is 2.06 bits per heavy atom. The van der Waals surface area contributed by atoms with E-state index in [0.717, 1.165) is 12.1 Å². The normalized spacial score (nSPS) is 10.4. The van der Waals surface area contributed by atoms with Crippen LogP contribution in [0.5, 0.6) is 5.75 Å². The molecular weight excluding hydrogens is 248 g/mol. The highest BCUT2D eigenvalue weighted by Crippen LogP contribution is 2.29. The Hall–Kier alpha value is -2.44. The third-order valence-electron chi connectivity index (χ3n) is 2.24. The van der Waals surface area contributed by atoms with E-state index in [2.05, 4.69) is 9.68 Å². The van der Waals surface area contributed by atoms with Gasteiger partial charge in [-0.2, -0.15) is 0 Å². The van der Waals surface area contributed by atoms with Gasteiger partial charge in [0.25, 0.3) is 0 Å². The average molecular weight is 255 g/mol. The third-order valence-corrected chi connectivity index (χ3v) is 2.24. The zero-order valence-corrected chi connectivity index (χ0v) is 9.11. The Balaban J connectivity index is 2.52. The number of benzene rings is 1. The van der Waals surface area contributed by atoms with Gasteiger partial charge in [0.2, 0.25) is 0 Å². The Bertz CT molecular complexity index is 609. The van der Waals surface area contributed by atoms with E-state index in [1.54, 1.807) is 0 Å². The maximum absolute atomic E-state index is 13.5. The number of methoxy groups -OCH3 is 1. The molecule has 0 saturated heterocycles. The van der Waals surface area contributed by atoms with Gasteiger partial charge in [0.15, 0.2) is 23.0 Å². The molecule has 2 aromatic rings. The van der Waals surface area contributed by atoms with Crippen LogP contribution >= 0.6 is 0 Å². The van der Waals surface area contributed by atoms with E-state index in [9.17, 15) is 13.6 Å². The van der Waals surface area contributed by atoms with Crippen molar-refractivity contribution in [3.05, 3.63) is 35.5 Å². The Kier molecular flexibility index (Phi) is 2.97. The quantitative estimate of drug-likeness (QED) is 0.911. The number of halogens is 2. The lowest BCUT2D eigenvalue weighted by Gasteiger charge is -2.04. The van der Waals surface area contributed by atoms with E-state index in [-0.39, 0.29) is 22.8 Å². The predicted molar refractivity (Wildman–Crippen MR) is 55.4 cm³/mol. The fourth-order valence-electron chi connectivity index (χ4n) is 1.38. The molecule has 0 atom stereocenters. The highest BCUT2D eigenvalue weighted by molar-refractivity contribution is 5.86. The number of carbonyl (C=O) groups is 1. The summed E-state index contributed by atoms with van der Waals surface area (Å²) < 4.78 is 36.1. The molecule has 18 heavy (non-hydrogen) atoms. The molecule has 0 aliphatic heterocycles. The van der Waals surface area contributed by atoms with Gasteiger partial charge in [0.1, 0.15) is 5.82 Å². The minimum atomic E-state index is -1.31. The summed E-state index contributed by atoms with van der Waals surface area (Å²) >= 11 is 0. The van der Waals surface area contributed by atoms with Crippen molar-refractivity contribution in [1.29, 1.82) is 0 Å². The molecule has 0 saturated carbocycles. The fraction of sp³-hybridized carbons (Fsp3) is 0.0909. The summed E-state index contributed by atoms with van der Waals surface area (Å²) in [5.74, 6) is -3.37. The van der Waals surface area contributed by atoms with Crippen LogP contribution in [-0.4, -0.2) is 23.3 Å². The monoisotopic (exact) mass is 255 g/mol. The third kappa shape index (κ3) is 2.02. The first-order valence-corrected chi connectivity index (χ1v) is 4.76. The molecule has 0 aliphatic carbocycles. The maximum Gasteiger partial charge on any atom is 0.358 e. The molecular formula is C11H7F2NO4. The minimum absolute atomic E-state index is 0.122. The average Bonchev–Trinajstić information content (AvgIpc) is 2.78. The number of rotatable bonds is 3. The zero-order valence-electron chi connectivity index (χ0n) is 9.11. The molecule has 0 spiro atoms. The van der Waals surface area contributed by atoms with E-state index in [1.165, 1.54) is 7.11 Å². The van der Waals surface area contributed by atoms with Gasteiger partial charge < -0.3 is 14.4 Å². The number of aromatic nitrogens is 1. The van der Waals surface area contributed by atoms with Crippen molar-refractivity contribution in [3.63, 3.8) is 0 Å². The molecule has 0 fully saturated rings. The molecule has 1 aromatic carbocycles. The van der Waals surface area contributed by atoms with E-state index < -0.39 is 17.6 Å². The van der Waals surface area contributed by atoms with E-state index in [0.29, 0.717) is 6.07 Å². The SMILES string of the molecule is COc1cc(-c2cc(C(=O)O)no2)c(F)cc1F. The maximum atomic E-state index is 13.5. The molecule has 0 amide bonds. The summed E-state index contributed by atoms with van der Waals surface area (Å²) in [4.78, 5) is 10.6. The second kappa shape index (κ2) is 4.44. The van der Waals surface area contributed by atoms with Crippen LogP contribution in [0.2, 0.25) is 0 Å². The number of ether oxygens (including phenoxy) is 1. The van der Waals surface area contributed by atoms with Crippen LogP contribution < -0.4 is 4.74 Å². The fourth-order valence-corrected chi connectivity index (χ4v) is 1.38. The smallest absolute Gasteiger partial charge is 0.358 e. The number of aromatic carboxylic acids is 1. The van der Waals surface area contributed by atoms with Crippen molar-refractivity contribution in [2.75, 3.05) is 7.11 Å². The van der Waals surface area contributed by atoms with Crippen LogP contribution in [0.1, 0.15) is 10.5 Å². The van der Waals surface area contributed by atoms with Gasteiger partial charge in [-0.25, -0.2) is 13.6 Å². The molecule has 94 valence electrons. The molecule has 7 heteroatoms. The number of hydrogen-bond acceptors (Lipinski definition) is 4. The molecule has 0 unspecified atom stereocenters. The van der Waals surface area contributed by atoms with Gasteiger partial charge in [-0.15, -0.1) is 0 Å². The van der Waals surface area contributed by atoms with Crippen molar-refractivity contribution in [2.24, 2.45) is 0 Å². The highest BCUT2D eigenvalue weighted by Gasteiger charge is 2.18. The summed E-state index contributed by atoms with van der Waals surface area (Å²) in [6.07, 6.45) is 0. The Morgan fingerprint density at radius 1 is 1.33 bits per heavy atom. The van der Waals surface area contributed by atoms with Crippen LogP contribution in [0.3, 0.4) is 0 Å². The van der Waals surface area contributed by atoms with Gasteiger partial charge in [0, 0.05) is 12.1 Å². The van der Waals surface area contributed by atoms with Crippen molar-refractivity contribution in [2.45, 2.75) is 0 Å². The largest absolute Gasteiger partial charge is 0.494 e. The summed E-state index contributed by atoms with van der Waals surface area (Å²) in [5.41, 5.74) is -0.499. The number of nitrogens with zero attached hydrogens (tertiary/aromatic N) is 1. The van der Waals surface area contributed by atoms with Gasteiger partial charge in [-0.05, 0) is 6.07 Å². The van der Waals surface area contributed by atoms with Crippen molar-refractivity contribution < 1.29 is 27.9 Å². The van der Waals surface area contributed by atoms with Crippen LogP contribution in [0, 0.1) is 11.6 Å². The number of carboxylic acids is 1. The first kappa shape index (κ1) is 12.0. The topological polar surface area (TPSA) is 72.6 Å². The molecule has 1 aromatic heterocycles. The Morgan fingerprint density at radius 3 is 2.61 bits per heavy atom. The van der Waals surface area contributed by atoms with Crippen LogP contribution in [-0.2, 0) is 0 Å². The van der Waals surface area contributed by atoms with Crippen molar-refractivity contribution in [1.82, 2.24) is 5.16 Å². The first-order chi connectivity index (χ1) is 8.52. The summed E-state index contributed by atoms with van der Waals surface area (Å²) in [6.45, 7) is 0. The summed E-state index contributed by atoms with van der Waals surface area (Å²) in [6, 6.07) is 2.73. The van der Waals surface area contributed by atoms with Gasteiger partial charge >= 0.3 is 5.97 Å². The lowest BCUT2D eigenvalue weighted by Crippen LogP contribution is -1.95. The van der Waals surface area contributed by atoms with Crippen LogP contribution in [0.25, 0.3) is 11.3 Å². The lowest BCUT2D eigenvalue weighted by molar-refractivity contribution is 0.0686. The van der Waals surface area contributed by atoms with Gasteiger partial charge in [-0.3, -0.25) is 0 Å². The molecule has 0 aliphatic rings. The molecule has 0 radical (unpaired) electrons. The molecule has 2 rings (SSSR count). The zero-order chi connectivity index (χ0) is 13.3. The van der Waals surface area contributed by atoms with Crippen LogP contribution in [0.4, 0.5) is 8.78 Å². The van der Waals surface area contributed by atoms with E-state index in [1.807, 2.05) is 0 Å².